The number of hydrogen-bond acceptors (Lipinski definition) is 2. The largest absolute Gasteiger partial charge is 0.383 e. The number of nitrogens with zero attached hydrogens (tertiary/aromatic N) is 1. The van der Waals surface area contributed by atoms with Gasteiger partial charge in [0.15, 0.2) is 0 Å². The monoisotopic (exact) mass is 143 g/mol. The zero-order valence-electron chi connectivity index (χ0n) is 6.97. The van der Waals surface area contributed by atoms with E-state index in [1.807, 2.05) is 6.08 Å². The van der Waals surface area contributed by atoms with Gasteiger partial charge in [-0.2, -0.15) is 0 Å². The fourth-order valence-electron chi connectivity index (χ4n) is 0.671. The molecule has 0 spiro atoms. The first kappa shape index (κ1) is 9.66. The van der Waals surface area contributed by atoms with E-state index in [1.165, 1.54) is 0 Å². The first-order chi connectivity index (χ1) is 4.81. The molecule has 2 nitrogen and oxygen atoms in total. The molecule has 0 aromatic carbocycles. The average molecular weight is 143 g/mol. The Labute approximate surface area is 63.5 Å². The van der Waals surface area contributed by atoms with Crippen LogP contribution in [0.3, 0.4) is 0 Å². The van der Waals surface area contributed by atoms with Crippen LogP contribution in [0.1, 0.15) is 6.42 Å². The SMILES string of the molecule is C=CCCN(C)CCOC. The van der Waals surface area contributed by atoms with Gasteiger partial charge in [0.05, 0.1) is 6.61 Å². The van der Waals surface area contributed by atoms with Crippen LogP contribution in [-0.2, 0) is 4.74 Å². The summed E-state index contributed by atoms with van der Waals surface area (Å²) in [6, 6.07) is 0. The van der Waals surface area contributed by atoms with E-state index in [0.29, 0.717) is 0 Å². The van der Waals surface area contributed by atoms with Crippen molar-refractivity contribution in [2.24, 2.45) is 0 Å². The minimum absolute atomic E-state index is 0.813. The van der Waals surface area contributed by atoms with Gasteiger partial charge in [0.25, 0.3) is 0 Å². The summed E-state index contributed by atoms with van der Waals surface area (Å²) in [5.41, 5.74) is 0. The third-order valence-corrected chi connectivity index (χ3v) is 1.39. The van der Waals surface area contributed by atoms with Crippen molar-refractivity contribution in [3.8, 4) is 0 Å². The highest BCUT2D eigenvalue weighted by molar-refractivity contribution is 4.67. The highest BCUT2D eigenvalue weighted by Gasteiger charge is 1.93. The zero-order valence-corrected chi connectivity index (χ0v) is 6.97. The molecule has 0 radical (unpaired) electrons. The molecule has 0 aliphatic carbocycles. The van der Waals surface area contributed by atoms with Crippen LogP contribution in [0.25, 0.3) is 0 Å². The second kappa shape index (κ2) is 6.78. The highest BCUT2D eigenvalue weighted by atomic mass is 16.5. The first-order valence-corrected chi connectivity index (χ1v) is 3.59. The second-order valence-corrected chi connectivity index (χ2v) is 2.37. The fourth-order valence-corrected chi connectivity index (χ4v) is 0.671. The predicted molar refractivity (Wildman–Crippen MR) is 44.2 cm³/mol. The normalized spacial score (nSPS) is 10.3. The Bertz CT molecular complexity index is 83.3. The Morgan fingerprint density at radius 2 is 2.20 bits per heavy atom. The van der Waals surface area contributed by atoms with Gasteiger partial charge in [0.2, 0.25) is 0 Å². The maximum atomic E-state index is 4.92. The summed E-state index contributed by atoms with van der Waals surface area (Å²) in [6.45, 7) is 6.55. The zero-order chi connectivity index (χ0) is 7.82. The Kier molecular flexibility index (Phi) is 6.55. The summed E-state index contributed by atoms with van der Waals surface area (Å²) in [6.07, 6.45) is 2.99. The topological polar surface area (TPSA) is 12.5 Å². The van der Waals surface area contributed by atoms with Gasteiger partial charge >= 0.3 is 0 Å². The lowest BCUT2D eigenvalue weighted by atomic mass is 10.4. The second-order valence-electron chi connectivity index (χ2n) is 2.37. The minimum atomic E-state index is 0.813. The lowest BCUT2D eigenvalue weighted by molar-refractivity contribution is 0.162. The molecule has 10 heavy (non-hydrogen) atoms. The van der Waals surface area contributed by atoms with Crippen LogP contribution in [0.15, 0.2) is 12.7 Å². The Morgan fingerprint density at radius 1 is 1.50 bits per heavy atom. The van der Waals surface area contributed by atoms with E-state index < -0.39 is 0 Å². The highest BCUT2D eigenvalue weighted by Crippen LogP contribution is 1.86. The molecule has 0 unspecified atom stereocenters. The summed E-state index contributed by atoms with van der Waals surface area (Å²) in [5, 5.41) is 0. The molecular weight excluding hydrogens is 126 g/mol. The van der Waals surface area contributed by atoms with Crippen molar-refractivity contribution in [2.45, 2.75) is 6.42 Å². The van der Waals surface area contributed by atoms with Crippen LogP contribution in [0.4, 0.5) is 0 Å². The van der Waals surface area contributed by atoms with Gasteiger partial charge < -0.3 is 9.64 Å². The third-order valence-electron chi connectivity index (χ3n) is 1.39. The summed E-state index contributed by atoms with van der Waals surface area (Å²) in [7, 11) is 3.81. The first-order valence-electron chi connectivity index (χ1n) is 3.59. The van der Waals surface area contributed by atoms with Crippen LogP contribution in [0, 0.1) is 0 Å². The van der Waals surface area contributed by atoms with Gasteiger partial charge in [-0.15, -0.1) is 6.58 Å². The lowest BCUT2D eigenvalue weighted by Gasteiger charge is -2.13. The smallest absolute Gasteiger partial charge is 0.0589 e. The molecule has 0 aromatic heterocycles. The van der Waals surface area contributed by atoms with E-state index in [1.54, 1.807) is 7.11 Å². The number of likely N-dealkylation sites (N-methyl/N-ethyl adjacent to an activating group) is 1. The molecule has 0 heterocycles. The predicted octanol–water partition coefficient (Wildman–Crippen LogP) is 1.14. The van der Waals surface area contributed by atoms with Crippen molar-refractivity contribution in [1.29, 1.82) is 0 Å². The van der Waals surface area contributed by atoms with Crippen molar-refractivity contribution in [2.75, 3.05) is 33.9 Å². The van der Waals surface area contributed by atoms with Crippen LogP contribution in [-0.4, -0.2) is 38.8 Å². The molecule has 0 saturated heterocycles. The van der Waals surface area contributed by atoms with E-state index >= 15 is 0 Å². The van der Waals surface area contributed by atoms with Crippen molar-refractivity contribution in [3.63, 3.8) is 0 Å². The molecule has 0 amide bonds. The van der Waals surface area contributed by atoms with E-state index in [4.69, 9.17) is 4.74 Å². The maximum Gasteiger partial charge on any atom is 0.0589 e. The van der Waals surface area contributed by atoms with Crippen molar-refractivity contribution >= 4 is 0 Å². The Balaban J connectivity index is 3.07. The fraction of sp³-hybridized carbons (Fsp3) is 0.750. The average Bonchev–Trinajstić information content (AvgIpc) is 1.97. The van der Waals surface area contributed by atoms with Gasteiger partial charge in [0, 0.05) is 20.2 Å². The number of ether oxygens (including phenoxy) is 1. The molecule has 0 atom stereocenters. The van der Waals surface area contributed by atoms with Crippen molar-refractivity contribution in [1.82, 2.24) is 4.90 Å². The van der Waals surface area contributed by atoms with Gasteiger partial charge in [-0.05, 0) is 13.5 Å². The maximum absolute atomic E-state index is 4.92. The van der Waals surface area contributed by atoms with Gasteiger partial charge in [-0.25, -0.2) is 0 Å². The molecule has 60 valence electrons. The Hall–Kier alpha value is -0.340. The molecule has 0 fully saturated rings. The molecule has 0 aliphatic heterocycles. The molecular formula is C8H17NO. The van der Waals surface area contributed by atoms with E-state index in [2.05, 4.69) is 18.5 Å². The van der Waals surface area contributed by atoms with Crippen LogP contribution >= 0.6 is 0 Å². The van der Waals surface area contributed by atoms with Crippen LogP contribution in [0.2, 0.25) is 0 Å². The van der Waals surface area contributed by atoms with Crippen LogP contribution in [0.5, 0.6) is 0 Å². The third kappa shape index (κ3) is 5.79. The summed E-state index contributed by atoms with van der Waals surface area (Å²) in [4.78, 5) is 2.23. The van der Waals surface area contributed by atoms with Gasteiger partial charge in [-0.1, -0.05) is 6.08 Å². The van der Waals surface area contributed by atoms with Crippen molar-refractivity contribution in [3.05, 3.63) is 12.7 Å². The standard InChI is InChI=1S/C8H17NO/c1-4-5-6-9(2)7-8-10-3/h4H,1,5-8H2,2-3H3. The van der Waals surface area contributed by atoms with Crippen LogP contribution < -0.4 is 0 Å². The van der Waals surface area contributed by atoms with Gasteiger partial charge in [-0.3, -0.25) is 0 Å². The molecule has 0 rings (SSSR count). The summed E-state index contributed by atoms with van der Waals surface area (Å²) >= 11 is 0. The van der Waals surface area contributed by atoms with E-state index in [0.717, 1.165) is 26.1 Å². The molecule has 0 bridgehead atoms. The number of rotatable bonds is 6. The van der Waals surface area contributed by atoms with Gasteiger partial charge in [0.1, 0.15) is 0 Å². The molecule has 0 aromatic rings. The number of methoxy groups -OCH3 is 1. The quantitative estimate of drug-likeness (QED) is 0.517. The van der Waals surface area contributed by atoms with Crippen molar-refractivity contribution < 1.29 is 4.74 Å². The Morgan fingerprint density at radius 3 is 2.70 bits per heavy atom. The minimum Gasteiger partial charge on any atom is -0.383 e. The molecule has 2 heteroatoms. The molecule has 0 aliphatic rings. The van der Waals surface area contributed by atoms with E-state index in [-0.39, 0.29) is 0 Å². The summed E-state index contributed by atoms with van der Waals surface area (Å²) in [5.74, 6) is 0. The molecule has 0 saturated carbocycles. The van der Waals surface area contributed by atoms with E-state index in [9.17, 15) is 0 Å². The lowest BCUT2D eigenvalue weighted by Crippen LogP contribution is -2.23. The summed E-state index contributed by atoms with van der Waals surface area (Å²) < 4.78 is 4.92. The molecule has 0 N–H and O–H groups in total. The number of hydrogen-bond donors (Lipinski definition) is 0.